The zero-order valence-corrected chi connectivity index (χ0v) is 9.87. The van der Waals surface area contributed by atoms with Crippen molar-refractivity contribution in [3.05, 3.63) is 29.6 Å². The Labute approximate surface area is 106 Å². The summed E-state index contributed by atoms with van der Waals surface area (Å²) >= 11 is 1.16. The van der Waals surface area contributed by atoms with E-state index in [9.17, 15) is 18.8 Å². The molecule has 0 unspecified atom stereocenters. The number of thioether (sulfide) groups is 1. The van der Waals surface area contributed by atoms with Crippen molar-refractivity contribution in [3.8, 4) is 0 Å². The molecule has 0 aliphatic carbocycles. The van der Waals surface area contributed by atoms with Crippen LogP contribution in [0.15, 0.2) is 18.2 Å². The molecule has 1 aliphatic heterocycles. The molecular weight excluding hydrogens is 261 g/mol. The summed E-state index contributed by atoms with van der Waals surface area (Å²) in [6.07, 6.45) is 0. The summed E-state index contributed by atoms with van der Waals surface area (Å²) < 4.78 is 13.0. The van der Waals surface area contributed by atoms with Gasteiger partial charge in [0.15, 0.2) is 0 Å². The van der Waals surface area contributed by atoms with Gasteiger partial charge in [-0.1, -0.05) is 0 Å². The van der Waals surface area contributed by atoms with Gasteiger partial charge < -0.3 is 5.11 Å². The Balaban J connectivity index is 2.52. The first-order valence-electron chi connectivity index (χ1n) is 4.97. The minimum atomic E-state index is -1.39. The molecular formula is C11H8FNO4S. The third-order valence-electron chi connectivity index (χ3n) is 2.38. The molecule has 1 saturated heterocycles. The molecule has 1 aliphatic rings. The molecule has 18 heavy (non-hydrogen) atoms. The number of hydrogen-bond donors (Lipinski definition) is 1. The van der Waals surface area contributed by atoms with Crippen LogP contribution in [0.3, 0.4) is 0 Å². The fraction of sp³-hybridized carbons (Fsp3) is 0.182. The van der Waals surface area contributed by atoms with Gasteiger partial charge in [-0.25, -0.2) is 14.1 Å². The number of benzene rings is 1. The molecule has 0 spiro atoms. The molecule has 1 heterocycles. The lowest BCUT2D eigenvalue weighted by Crippen LogP contribution is -2.43. The van der Waals surface area contributed by atoms with Gasteiger partial charge in [0.25, 0.3) is 0 Å². The Hall–Kier alpha value is -1.89. The van der Waals surface area contributed by atoms with Gasteiger partial charge in [-0.3, -0.25) is 9.59 Å². The summed E-state index contributed by atoms with van der Waals surface area (Å²) in [5, 5.41) is 8.97. The topological polar surface area (TPSA) is 74.7 Å². The van der Waals surface area contributed by atoms with Gasteiger partial charge in [-0.2, -0.15) is 0 Å². The number of carbonyl (C=O) groups is 3. The van der Waals surface area contributed by atoms with Crippen molar-refractivity contribution < 1.29 is 23.9 Å². The highest BCUT2D eigenvalue weighted by atomic mass is 32.2. The molecule has 2 rings (SSSR count). The van der Waals surface area contributed by atoms with Crippen molar-refractivity contribution >= 4 is 35.2 Å². The molecule has 1 aromatic rings. The van der Waals surface area contributed by atoms with E-state index in [1.165, 1.54) is 0 Å². The Morgan fingerprint density at radius 1 is 1.28 bits per heavy atom. The van der Waals surface area contributed by atoms with Crippen molar-refractivity contribution in [2.24, 2.45) is 0 Å². The van der Waals surface area contributed by atoms with E-state index in [0.29, 0.717) is 0 Å². The van der Waals surface area contributed by atoms with E-state index < -0.39 is 29.2 Å². The van der Waals surface area contributed by atoms with Crippen LogP contribution in [0.25, 0.3) is 0 Å². The minimum Gasteiger partial charge on any atom is -0.478 e. The van der Waals surface area contributed by atoms with Crippen LogP contribution < -0.4 is 4.90 Å². The SMILES string of the molecule is O=C(O)c1cc(F)ccc1N1C(=O)CSCC1=O. The van der Waals surface area contributed by atoms with E-state index in [4.69, 9.17) is 5.11 Å². The second-order valence-electron chi connectivity index (χ2n) is 3.58. The lowest BCUT2D eigenvalue weighted by Gasteiger charge is -2.25. The highest BCUT2D eigenvalue weighted by molar-refractivity contribution is 8.00. The van der Waals surface area contributed by atoms with E-state index in [2.05, 4.69) is 0 Å². The Kier molecular flexibility index (Phi) is 3.33. The number of rotatable bonds is 2. The predicted octanol–water partition coefficient (Wildman–Crippen LogP) is 1.13. The van der Waals surface area contributed by atoms with Crippen LogP contribution in [-0.2, 0) is 9.59 Å². The molecule has 5 nitrogen and oxygen atoms in total. The van der Waals surface area contributed by atoms with Gasteiger partial charge in [-0.05, 0) is 18.2 Å². The summed E-state index contributed by atoms with van der Waals surface area (Å²) in [5.74, 6) is -2.91. The number of carbonyl (C=O) groups excluding carboxylic acids is 2. The third kappa shape index (κ3) is 2.21. The second-order valence-corrected chi connectivity index (χ2v) is 4.57. The maximum Gasteiger partial charge on any atom is 0.337 e. The van der Waals surface area contributed by atoms with Crippen molar-refractivity contribution in [2.75, 3.05) is 16.4 Å². The van der Waals surface area contributed by atoms with E-state index in [1.54, 1.807) is 0 Å². The number of hydrogen-bond acceptors (Lipinski definition) is 4. The van der Waals surface area contributed by atoms with Gasteiger partial charge in [0.1, 0.15) is 5.82 Å². The quantitative estimate of drug-likeness (QED) is 0.815. The second kappa shape index (κ2) is 4.77. The predicted molar refractivity (Wildman–Crippen MR) is 63.2 cm³/mol. The number of carboxylic acid groups (broad SMARTS) is 1. The van der Waals surface area contributed by atoms with Crippen LogP contribution in [0.1, 0.15) is 10.4 Å². The van der Waals surface area contributed by atoms with E-state index in [0.717, 1.165) is 34.9 Å². The molecule has 0 saturated carbocycles. The lowest BCUT2D eigenvalue weighted by atomic mass is 10.1. The summed E-state index contributed by atoms with van der Waals surface area (Å²) in [4.78, 5) is 35.1. The summed E-state index contributed by atoms with van der Waals surface area (Å²) in [5.41, 5.74) is -0.484. The van der Waals surface area contributed by atoms with Gasteiger partial charge >= 0.3 is 5.97 Å². The van der Waals surface area contributed by atoms with Crippen LogP contribution >= 0.6 is 11.8 Å². The maximum atomic E-state index is 13.0. The molecule has 1 N–H and O–H groups in total. The number of carboxylic acids is 1. The molecule has 2 amide bonds. The zero-order valence-electron chi connectivity index (χ0n) is 9.05. The van der Waals surface area contributed by atoms with Crippen LogP contribution in [0.5, 0.6) is 0 Å². The molecule has 0 aromatic heterocycles. The largest absolute Gasteiger partial charge is 0.478 e. The molecule has 0 radical (unpaired) electrons. The van der Waals surface area contributed by atoms with Gasteiger partial charge in [0.05, 0.1) is 22.8 Å². The van der Waals surface area contributed by atoms with Crippen molar-refractivity contribution in [2.45, 2.75) is 0 Å². The molecule has 1 fully saturated rings. The summed E-state index contributed by atoms with van der Waals surface area (Å²) in [6.45, 7) is 0. The smallest absolute Gasteiger partial charge is 0.337 e. The van der Waals surface area contributed by atoms with E-state index >= 15 is 0 Å². The summed E-state index contributed by atoms with van der Waals surface area (Å²) in [7, 11) is 0. The molecule has 0 bridgehead atoms. The Morgan fingerprint density at radius 3 is 2.44 bits per heavy atom. The number of nitrogens with zero attached hydrogens (tertiary/aromatic N) is 1. The fourth-order valence-electron chi connectivity index (χ4n) is 1.64. The minimum absolute atomic E-state index is 0.0841. The number of anilines is 1. The average molecular weight is 269 g/mol. The average Bonchev–Trinajstić information content (AvgIpc) is 2.30. The van der Waals surface area contributed by atoms with Crippen LogP contribution in [0.2, 0.25) is 0 Å². The lowest BCUT2D eigenvalue weighted by molar-refractivity contribution is -0.124. The maximum absolute atomic E-state index is 13.0. The van der Waals surface area contributed by atoms with Gasteiger partial charge in [0.2, 0.25) is 11.8 Å². The van der Waals surface area contributed by atoms with E-state index in [1.807, 2.05) is 0 Å². The standard InChI is InChI=1S/C11H8FNO4S/c12-6-1-2-8(7(3-6)11(16)17)13-9(14)4-18-5-10(13)15/h1-3H,4-5H2,(H,16,17). The van der Waals surface area contributed by atoms with Gasteiger partial charge in [-0.15, -0.1) is 11.8 Å². The molecule has 94 valence electrons. The third-order valence-corrected chi connectivity index (χ3v) is 3.28. The first kappa shape index (κ1) is 12.6. The van der Waals surface area contributed by atoms with Crippen LogP contribution in [-0.4, -0.2) is 34.4 Å². The molecule has 0 atom stereocenters. The summed E-state index contributed by atoms with van der Waals surface area (Å²) in [6, 6.07) is 2.94. The van der Waals surface area contributed by atoms with E-state index in [-0.39, 0.29) is 17.2 Å². The van der Waals surface area contributed by atoms with Crippen LogP contribution in [0, 0.1) is 5.82 Å². The molecule has 1 aromatic carbocycles. The number of aromatic carboxylic acids is 1. The number of imide groups is 1. The first-order chi connectivity index (χ1) is 8.50. The normalized spacial score (nSPS) is 15.9. The zero-order chi connectivity index (χ0) is 13.3. The highest BCUT2D eigenvalue weighted by Crippen LogP contribution is 2.26. The molecule has 7 heteroatoms. The Bertz CT molecular complexity index is 530. The number of amides is 2. The van der Waals surface area contributed by atoms with Crippen molar-refractivity contribution in [1.82, 2.24) is 0 Å². The Morgan fingerprint density at radius 2 is 1.89 bits per heavy atom. The first-order valence-corrected chi connectivity index (χ1v) is 6.12. The monoisotopic (exact) mass is 269 g/mol. The fourth-order valence-corrected chi connectivity index (χ4v) is 2.35. The van der Waals surface area contributed by atoms with Crippen molar-refractivity contribution in [1.29, 1.82) is 0 Å². The highest BCUT2D eigenvalue weighted by Gasteiger charge is 2.30. The number of halogens is 1. The van der Waals surface area contributed by atoms with Crippen molar-refractivity contribution in [3.63, 3.8) is 0 Å². The van der Waals surface area contributed by atoms with Crippen LogP contribution in [0.4, 0.5) is 10.1 Å². The van der Waals surface area contributed by atoms with Gasteiger partial charge in [0, 0.05) is 0 Å².